The van der Waals surface area contributed by atoms with Gasteiger partial charge < -0.3 is 15.7 Å². The normalized spacial score (nSPS) is 9.21. The highest BCUT2D eigenvalue weighted by molar-refractivity contribution is 5.99. The number of carbonyl (C=O) groups excluding carboxylic acids is 1. The zero-order chi connectivity index (χ0) is 10.6. The number of nitrogens with one attached hydrogen (secondary N) is 2. The lowest BCUT2D eigenvalue weighted by Crippen LogP contribution is -2.25. The van der Waals surface area contributed by atoms with E-state index in [-0.39, 0.29) is 11.3 Å². The summed E-state index contributed by atoms with van der Waals surface area (Å²) in [6.07, 6.45) is 2.57. The van der Waals surface area contributed by atoms with Gasteiger partial charge >= 0.3 is 12.0 Å². The van der Waals surface area contributed by atoms with E-state index in [1.807, 2.05) is 0 Å². The maximum absolute atomic E-state index is 10.9. The molecule has 6 nitrogen and oxygen atoms in total. The molecular formula is C8H9N3O3. The van der Waals surface area contributed by atoms with Crippen molar-refractivity contribution in [2.45, 2.75) is 0 Å². The maximum atomic E-state index is 10.9. The molecule has 1 aromatic rings. The van der Waals surface area contributed by atoms with Crippen LogP contribution in [0.2, 0.25) is 0 Å². The van der Waals surface area contributed by atoms with Gasteiger partial charge in [0.25, 0.3) is 0 Å². The molecule has 0 spiro atoms. The highest BCUT2D eigenvalue weighted by Crippen LogP contribution is 2.12. The van der Waals surface area contributed by atoms with Crippen LogP contribution in [0.4, 0.5) is 10.5 Å². The molecule has 0 bridgehead atoms. The number of aromatic carboxylic acids is 1. The van der Waals surface area contributed by atoms with Gasteiger partial charge in [0.1, 0.15) is 5.56 Å². The first kappa shape index (κ1) is 9.97. The number of hydrogen-bond acceptors (Lipinski definition) is 3. The number of hydrogen-bond donors (Lipinski definition) is 3. The van der Waals surface area contributed by atoms with Crippen LogP contribution in [0.5, 0.6) is 0 Å². The minimum Gasteiger partial charge on any atom is -0.478 e. The molecule has 1 rings (SSSR count). The molecule has 1 heterocycles. The van der Waals surface area contributed by atoms with E-state index in [9.17, 15) is 9.59 Å². The summed E-state index contributed by atoms with van der Waals surface area (Å²) in [6.45, 7) is 0. The average molecular weight is 195 g/mol. The molecule has 0 aliphatic rings. The Labute approximate surface area is 80.0 Å². The Kier molecular flexibility index (Phi) is 3.01. The van der Waals surface area contributed by atoms with E-state index in [1.165, 1.54) is 25.5 Å². The summed E-state index contributed by atoms with van der Waals surface area (Å²) < 4.78 is 0. The molecule has 3 N–H and O–H groups in total. The van der Waals surface area contributed by atoms with Crippen LogP contribution in [0.3, 0.4) is 0 Å². The van der Waals surface area contributed by atoms with Gasteiger partial charge in [0.15, 0.2) is 0 Å². The van der Waals surface area contributed by atoms with Crippen molar-refractivity contribution in [3.63, 3.8) is 0 Å². The molecule has 0 aromatic carbocycles. The molecule has 0 saturated carbocycles. The zero-order valence-corrected chi connectivity index (χ0v) is 7.44. The summed E-state index contributed by atoms with van der Waals surface area (Å²) in [6, 6.07) is 0.942. The molecule has 1 aromatic heterocycles. The monoisotopic (exact) mass is 195 g/mol. The van der Waals surface area contributed by atoms with E-state index in [2.05, 4.69) is 15.6 Å². The lowest BCUT2D eigenvalue weighted by atomic mass is 10.2. The van der Waals surface area contributed by atoms with Crippen LogP contribution in [-0.2, 0) is 0 Å². The van der Waals surface area contributed by atoms with Gasteiger partial charge in [-0.25, -0.2) is 9.59 Å². The second-order valence-corrected chi connectivity index (χ2v) is 2.43. The third-order valence-corrected chi connectivity index (χ3v) is 1.53. The van der Waals surface area contributed by atoms with Crippen LogP contribution in [-0.4, -0.2) is 29.1 Å². The summed E-state index contributed by atoms with van der Waals surface area (Å²) in [5, 5.41) is 13.4. The number of amides is 2. The predicted octanol–water partition coefficient (Wildman–Crippen LogP) is 0.531. The van der Waals surface area contributed by atoms with E-state index in [0.29, 0.717) is 0 Å². The molecule has 0 saturated heterocycles. The van der Waals surface area contributed by atoms with Crippen molar-refractivity contribution in [2.75, 3.05) is 12.4 Å². The Morgan fingerprint density at radius 1 is 1.50 bits per heavy atom. The van der Waals surface area contributed by atoms with Gasteiger partial charge in [0, 0.05) is 19.4 Å². The molecule has 0 radical (unpaired) electrons. The summed E-state index contributed by atoms with van der Waals surface area (Å²) in [7, 11) is 1.44. The molecule has 6 heteroatoms. The molecule has 0 fully saturated rings. The Morgan fingerprint density at radius 2 is 2.21 bits per heavy atom. The van der Waals surface area contributed by atoms with E-state index in [4.69, 9.17) is 5.11 Å². The highest BCUT2D eigenvalue weighted by atomic mass is 16.4. The minimum atomic E-state index is -1.13. The number of pyridine rings is 1. The quantitative estimate of drug-likeness (QED) is 0.641. The van der Waals surface area contributed by atoms with Crippen LogP contribution < -0.4 is 10.6 Å². The van der Waals surface area contributed by atoms with Crippen molar-refractivity contribution in [3.05, 3.63) is 24.0 Å². The number of anilines is 1. The summed E-state index contributed by atoms with van der Waals surface area (Å²) in [5.74, 6) is -1.13. The smallest absolute Gasteiger partial charge is 0.339 e. The Hall–Kier alpha value is -2.11. The highest BCUT2D eigenvalue weighted by Gasteiger charge is 2.10. The van der Waals surface area contributed by atoms with Gasteiger partial charge in [-0.3, -0.25) is 4.98 Å². The number of carbonyl (C=O) groups is 2. The molecule has 74 valence electrons. The van der Waals surface area contributed by atoms with Crippen molar-refractivity contribution in [1.29, 1.82) is 0 Å². The Balaban J connectivity index is 2.95. The number of rotatable bonds is 2. The number of aromatic nitrogens is 1. The predicted molar refractivity (Wildman–Crippen MR) is 49.3 cm³/mol. The van der Waals surface area contributed by atoms with E-state index in [1.54, 1.807) is 0 Å². The largest absolute Gasteiger partial charge is 0.478 e. The second kappa shape index (κ2) is 4.22. The fourth-order valence-corrected chi connectivity index (χ4v) is 0.859. The van der Waals surface area contributed by atoms with E-state index >= 15 is 0 Å². The van der Waals surface area contributed by atoms with Crippen LogP contribution in [0.1, 0.15) is 10.4 Å². The molecule has 0 atom stereocenters. The first-order valence-corrected chi connectivity index (χ1v) is 3.81. The van der Waals surface area contributed by atoms with Gasteiger partial charge in [0.2, 0.25) is 0 Å². The molecule has 2 amide bonds. The van der Waals surface area contributed by atoms with E-state index in [0.717, 1.165) is 0 Å². The summed E-state index contributed by atoms with van der Waals surface area (Å²) in [5.41, 5.74) is 0.169. The van der Waals surface area contributed by atoms with Crippen molar-refractivity contribution < 1.29 is 14.7 Å². The number of urea groups is 1. The van der Waals surface area contributed by atoms with Crippen molar-refractivity contribution in [2.24, 2.45) is 0 Å². The van der Waals surface area contributed by atoms with Gasteiger partial charge in [0.05, 0.1) is 5.69 Å². The van der Waals surface area contributed by atoms with Crippen molar-refractivity contribution >= 4 is 17.7 Å². The fraction of sp³-hybridized carbons (Fsp3) is 0.125. The van der Waals surface area contributed by atoms with Crippen LogP contribution >= 0.6 is 0 Å². The van der Waals surface area contributed by atoms with Gasteiger partial charge in [-0.15, -0.1) is 0 Å². The second-order valence-electron chi connectivity index (χ2n) is 2.43. The Bertz CT molecular complexity index is 365. The number of carboxylic acid groups (broad SMARTS) is 1. The third kappa shape index (κ3) is 2.19. The Morgan fingerprint density at radius 3 is 2.79 bits per heavy atom. The molecule has 0 aliphatic heterocycles. The maximum Gasteiger partial charge on any atom is 0.339 e. The average Bonchev–Trinajstić information content (AvgIpc) is 2.18. The first-order valence-electron chi connectivity index (χ1n) is 3.81. The van der Waals surface area contributed by atoms with Crippen LogP contribution in [0.25, 0.3) is 0 Å². The van der Waals surface area contributed by atoms with Crippen LogP contribution in [0, 0.1) is 0 Å². The first-order chi connectivity index (χ1) is 6.65. The third-order valence-electron chi connectivity index (χ3n) is 1.53. The standard InChI is InChI=1S/C8H9N3O3/c1-9-8(14)11-6-2-3-10-4-5(6)7(12)13/h2-4H,1H3,(H,12,13)(H2,9,10,11,14). The van der Waals surface area contributed by atoms with Gasteiger partial charge in [-0.1, -0.05) is 0 Å². The lowest BCUT2D eigenvalue weighted by Gasteiger charge is -2.06. The fourth-order valence-electron chi connectivity index (χ4n) is 0.859. The van der Waals surface area contributed by atoms with Gasteiger partial charge in [-0.2, -0.15) is 0 Å². The lowest BCUT2D eigenvalue weighted by molar-refractivity contribution is 0.0697. The number of nitrogens with zero attached hydrogens (tertiary/aromatic N) is 1. The molecule has 14 heavy (non-hydrogen) atoms. The zero-order valence-electron chi connectivity index (χ0n) is 7.44. The van der Waals surface area contributed by atoms with Crippen LogP contribution in [0.15, 0.2) is 18.5 Å². The summed E-state index contributed by atoms with van der Waals surface area (Å²) in [4.78, 5) is 25.2. The SMILES string of the molecule is CNC(=O)Nc1ccncc1C(=O)O. The molecule has 0 unspecified atom stereocenters. The van der Waals surface area contributed by atoms with E-state index < -0.39 is 12.0 Å². The summed E-state index contributed by atoms with van der Waals surface area (Å²) >= 11 is 0. The molecular weight excluding hydrogens is 186 g/mol. The number of carboxylic acids is 1. The minimum absolute atomic E-state index is 0.0453. The van der Waals surface area contributed by atoms with Crippen molar-refractivity contribution in [1.82, 2.24) is 10.3 Å². The topological polar surface area (TPSA) is 91.3 Å². The molecule has 0 aliphatic carbocycles. The van der Waals surface area contributed by atoms with Gasteiger partial charge in [-0.05, 0) is 6.07 Å². The van der Waals surface area contributed by atoms with Crippen molar-refractivity contribution in [3.8, 4) is 0 Å².